The van der Waals surface area contributed by atoms with Gasteiger partial charge in [0.05, 0.1) is 6.10 Å². The van der Waals surface area contributed by atoms with Gasteiger partial charge in [0, 0.05) is 38.0 Å². The third-order valence-corrected chi connectivity index (χ3v) is 6.34. The average molecular weight is 450 g/mol. The number of halogens is 1. The summed E-state index contributed by atoms with van der Waals surface area (Å²) in [5.74, 6) is 0.120. The molecule has 2 N–H and O–H groups in total. The standard InChI is InChI=1S/C24H36FN3O4/c1-14-9-10-28(20(14)11-16-13-26-19-12-17(25)7-8-18(16)19)22(29)21(15(2)31-6)27-23(30)32-24(3,4)5/h7-8,13-15,17,20-21,26H,9-12H2,1-6H3,(H,27,30)/t14-,15+,17?,20+,21-/m0/s1. The van der Waals surface area contributed by atoms with Gasteiger partial charge in [-0.05, 0) is 63.7 Å². The lowest BCUT2D eigenvalue weighted by Crippen LogP contribution is -2.56. The summed E-state index contributed by atoms with van der Waals surface area (Å²) >= 11 is 0. The van der Waals surface area contributed by atoms with Gasteiger partial charge >= 0.3 is 6.09 Å². The second-order valence-electron chi connectivity index (χ2n) is 9.92. The third-order valence-electron chi connectivity index (χ3n) is 6.34. The van der Waals surface area contributed by atoms with Crippen LogP contribution in [0.15, 0.2) is 12.3 Å². The van der Waals surface area contributed by atoms with Crippen LogP contribution in [0.5, 0.6) is 0 Å². The van der Waals surface area contributed by atoms with Gasteiger partial charge in [-0.3, -0.25) is 4.79 Å². The predicted molar refractivity (Wildman–Crippen MR) is 121 cm³/mol. The number of alkyl carbamates (subject to hydrolysis) is 1. The number of nitrogens with one attached hydrogen (secondary N) is 2. The second kappa shape index (κ2) is 9.65. The summed E-state index contributed by atoms with van der Waals surface area (Å²) in [6, 6.07) is -0.874. The van der Waals surface area contributed by atoms with Crippen molar-refractivity contribution in [1.82, 2.24) is 15.2 Å². The number of H-pyrrole nitrogens is 1. The number of aromatic amines is 1. The lowest BCUT2D eigenvalue weighted by atomic mass is 9.92. The Kier molecular flexibility index (Phi) is 7.32. The molecule has 2 heterocycles. The summed E-state index contributed by atoms with van der Waals surface area (Å²) in [5.41, 5.74) is 2.34. The van der Waals surface area contributed by atoms with Crippen molar-refractivity contribution in [2.45, 2.75) is 83.8 Å². The molecule has 1 aliphatic heterocycles. The average Bonchev–Trinajstić information content (AvgIpc) is 3.27. The molecule has 1 unspecified atom stereocenters. The molecule has 3 rings (SSSR count). The van der Waals surface area contributed by atoms with Crippen molar-refractivity contribution in [1.29, 1.82) is 0 Å². The molecule has 1 aromatic rings. The van der Waals surface area contributed by atoms with Gasteiger partial charge in [0.1, 0.15) is 17.8 Å². The first-order valence-electron chi connectivity index (χ1n) is 11.3. The molecule has 0 spiro atoms. The zero-order valence-electron chi connectivity index (χ0n) is 19.9. The van der Waals surface area contributed by atoms with E-state index in [0.717, 1.165) is 23.2 Å². The molecule has 2 aliphatic rings. The summed E-state index contributed by atoms with van der Waals surface area (Å²) in [7, 11) is 1.52. The van der Waals surface area contributed by atoms with Crippen LogP contribution in [0.4, 0.5) is 9.18 Å². The number of allylic oxidation sites excluding steroid dienone is 1. The molecular formula is C24H36FN3O4. The van der Waals surface area contributed by atoms with E-state index in [1.165, 1.54) is 7.11 Å². The number of aromatic nitrogens is 1. The summed E-state index contributed by atoms with van der Waals surface area (Å²) in [4.78, 5) is 31.0. The quantitative estimate of drug-likeness (QED) is 0.695. The third kappa shape index (κ3) is 5.52. The molecule has 5 atom stereocenters. The predicted octanol–water partition coefficient (Wildman–Crippen LogP) is 3.63. The Morgan fingerprint density at radius 2 is 2.09 bits per heavy atom. The Morgan fingerprint density at radius 3 is 2.75 bits per heavy atom. The number of hydrogen-bond acceptors (Lipinski definition) is 4. The van der Waals surface area contributed by atoms with E-state index < -0.39 is 30.0 Å². The number of methoxy groups -OCH3 is 1. The summed E-state index contributed by atoms with van der Waals surface area (Å²) in [6.07, 6.45) is 5.12. The van der Waals surface area contributed by atoms with E-state index in [2.05, 4.69) is 17.2 Å². The Morgan fingerprint density at radius 1 is 1.38 bits per heavy atom. The van der Waals surface area contributed by atoms with Crippen LogP contribution < -0.4 is 5.32 Å². The highest BCUT2D eigenvalue weighted by atomic mass is 19.1. The van der Waals surface area contributed by atoms with E-state index >= 15 is 0 Å². The van der Waals surface area contributed by atoms with Crippen LogP contribution in [-0.4, -0.2) is 65.5 Å². The molecular weight excluding hydrogens is 413 g/mol. The molecule has 0 bridgehead atoms. The Labute approximate surface area is 189 Å². The highest BCUT2D eigenvalue weighted by molar-refractivity contribution is 5.87. The number of ether oxygens (including phenoxy) is 2. The highest BCUT2D eigenvalue weighted by Crippen LogP contribution is 2.31. The molecule has 1 aliphatic carbocycles. The van der Waals surface area contributed by atoms with Crippen LogP contribution in [0.2, 0.25) is 0 Å². The fourth-order valence-electron chi connectivity index (χ4n) is 4.48. The van der Waals surface area contributed by atoms with Crippen LogP contribution in [0.25, 0.3) is 6.08 Å². The first kappa shape index (κ1) is 24.3. The molecule has 1 aromatic heterocycles. The Hall–Kier alpha value is -2.35. The maximum absolute atomic E-state index is 13.7. The van der Waals surface area contributed by atoms with Crippen LogP contribution in [0.1, 0.15) is 57.9 Å². The van der Waals surface area contributed by atoms with Gasteiger partial charge in [-0.1, -0.05) is 13.0 Å². The monoisotopic (exact) mass is 449 g/mol. The number of hydrogen-bond donors (Lipinski definition) is 2. The van der Waals surface area contributed by atoms with Crippen molar-refractivity contribution in [3.8, 4) is 0 Å². The van der Waals surface area contributed by atoms with E-state index in [4.69, 9.17) is 9.47 Å². The summed E-state index contributed by atoms with van der Waals surface area (Å²) < 4.78 is 24.5. The minimum Gasteiger partial charge on any atom is -0.444 e. The number of rotatable bonds is 6. The normalized spacial score (nSPS) is 24.7. The topological polar surface area (TPSA) is 83.7 Å². The van der Waals surface area contributed by atoms with E-state index in [1.807, 2.05) is 17.2 Å². The van der Waals surface area contributed by atoms with E-state index in [-0.39, 0.29) is 11.9 Å². The largest absolute Gasteiger partial charge is 0.444 e. The van der Waals surface area contributed by atoms with Crippen molar-refractivity contribution < 1.29 is 23.5 Å². The van der Waals surface area contributed by atoms with Crippen molar-refractivity contribution in [3.63, 3.8) is 0 Å². The van der Waals surface area contributed by atoms with E-state index in [1.54, 1.807) is 33.8 Å². The number of fused-ring (bicyclic) bond motifs is 1. The van der Waals surface area contributed by atoms with Gasteiger partial charge in [0.2, 0.25) is 5.91 Å². The van der Waals surface area contributed by atoms with Gasteiger partial charge in [-0.25, -0.2) is 9.18 Å². The molecule has 1 saturated heterocycles. The maximum Gasteiger partial charge on any atom is 0.408 e. The smallest absolute Gasteiger partial charge is 0.408 e. The number of alkyl halides is 1. The number of carbonyl (C=O) groups is 2. The van der Waals surface area contributed by atoms with Gasteiger partial charge in [0.15, 0.2) is 0 Å². The lowest BCUT2D eigenvalue weighted by molar-refractivity contribution is -0.137. The Bertz CT molecular complexity index is 860. The molecule has 0 radical (unpaired) electrons. The molecule has 178 valence electrons. The number of amides is 2. The van der Waals surface area contributed by atoms with E-state index in [0.29, 0.717) is 25.3 Å². The highest BCUT2D eigenvalue weighted by Gasteiger charge is 2.40. The van der Waals surface area contributed by atoms with Crippen LogP contribution in [0, 0.1) is 5.92 Å². The fraction of sp³-hybridized carbons (Fsp3) is 0.667. The van der Waals surface area contributed by atoms with Crippen LogP contribution in [0.3, 0.4) is 0 Å². The number of likely N-dealkylation sites (tertiary alicyclic amines) is 1. The van der Waals surface area contributed by atoms with Crippen molar-refractivity contribution >= 4 is 18.1 Å². The molecule has 0 saturated carbocycles. The van der Waals surface area contributed by atoms with Gasteiger partial charge < -0.3 is 24.7 Å². The maximum atomic E-state index is 13.7. The SMILES string of the molecule is CO[C@H](C)[C@H](NC(=O)OC(C)(C)C)C(=O)N1CC[C@H](C)[C@H]1Cc1c[nH]c2c1C=CC(F)C2. The number of carbonyl (C=O) groups excluding carboxylic acids is 2. The lowest BCUT2D eigenvalue weighted by Gasteiger charge is -2.33. The minimum atomic E-state index is -0.965. The summed E-state index contributed by atoms with van der Waals surface area (Å²) in [5, 5.41) is 2.71. The molecule has 7 nitrogen and oxygen atoms in total. The number of nitrogens with zero attached hydrogens (tertiary/aromatic N) is 1. The van der Waals surface area contributed by atoms with Crippen LogP contribution in [-0.2, 0) is 27.1 Å². The van der Waals surface area contributed by atoms with Crippen LogP contribution >= 0.6 is 0 Å². The first-order chi connectivity index (χ1) is 15.0. The van der Waals surface area contributed by atoms with E-state index in [9.17, 15) is 14.0 Å². The molecule has 0 aromatic carbocycles. The molecule has 32 heavy (non-hydrogen) atoms. The van der Waals surface area contributed by atoms with Gasteiger partial charge in [0.25, 0.3) is 0 Å². The van der Waals surface area contributed by atoms with Crippen molar-refractivity contribution in [2.24, 2.45) is 5.92 Å². The second-order valence-corrected chi connectivity index (χ2v) is 9.92. The van der Waals surface area contributed by atoms with Gasteiger partial charge in [-0.2, -0.15) is 0 Å². The first-order valence-corrected chi connectivity index (χ1v) is 11.3. The molecule has 8 heteroatoms. The van der Waals surface area contributed by atoms with Gasteiger partial charge in [-0.15, -0.1) is 0 Å². The minimum absolute atomic E-state index is 0.0223. The fourth-order valence-corrected chi connectivity index (χ4v) is 4.48. The zero-order valence-corrected chi connectivity index (χ0v) is 19.9. The summed E-state index contributed by atoms with van der Waals surface area (Å²) in [6.45, 7) is 9.84. The zero-order chi connectivity index (χ0) is 23.6. The molecule has 1 fully saturated rings. The molecule has 2 amide bonds. The van der Waals surface area contributed by atoms with Crippen molar-refractivity contribution in [2.75, 3.05) is 13.7 Å². The Balaban J connectivity index is 1.77. The van der Waals surface area contributed by atoms with Crippen molar-refractivity contribution in [3.05, 3.63) is 29.1 Å².